The third kappa shape index (κ3) is 2.18. The van der Waals surface area contributed by atoms with Gasteiger partial charge in [0.15, 0.2) is 0 Å². The van der Waals surface area contributed by atoms with Gasteiger partial charge in [-0.25, -0.2) is 0 Å². The number of hydrogen-bond acceptors (Lipinski definition) is 2. The molecule has 1 unspecified atom stereocenters. The van der Waals surface area contributed by atoms with Gasteiger partial charge in [0.2, 0.25) is 0 Å². The van der Waals surface area contributed by atoms with E-state index in [2.05, 4.69) is 18.2 Å². The van der Waals surface area contributed by atoms with Gasteiger partial charge in [0, 0.05) is 24.9 Å². The number of allylic oxidation sites excluding steroid dienone is 1. The second-order valence-electron chi connectivity index (χ2n) is 3.87. The van der Waals surface area contributed by atoms with Gasteiger partial charge in [0.25, 0.3) is 0 Å². The first-order chi connectivity index (χ1) is 8.42. The van der Waals surface area contributed by atoms with Crippen molar-refractivity contribution in [3.8, 4) is 0 Å². The molecule has 1 aliphatic heterocycles. The number of hydrogen-bond donors (Lipinski definition) is 0. The maximum absolute atomic E-state index is 5.69. The molecule has 0 fully saturated rings. The number of benzene rings is 1. The van der Waals surface area contributed by atoms with Crippen LogP contribution in [0.1, 0.15) is 12.0 Å². The van der Waals surface area contributed by atoms with E-state index >= 15 is 0 Å². The van der Waals surface area contributed by atoms with E-state index in [0.717, 1.165) is 12.2 Å². The summed E-state index contributed by atoms with van der Waals surface area (Å²) in [7, 11) is 0. The molecule has 1 atom stereocenters. The normalized spacial score (nSPS) is 18.4. The van der Waals surface area contributed by atoms with Crippen LogP contribution in [0.3, 0.4) is 0 Å². The Morgan fingerprint density at radius 3 is 2.88 bits per heavy atom. The van der Waals surface area contributed by atoms with E-state index in [1.807, 2.05) is 35.0 Å². The minimum atomic E-state index is -0.389. The number of aromatic nitrogens is 1. The molecule has 85 valence electrons. The lowest BCUT2D eigenvalue weighted by molar-refractivity contribution is -0.0920. The van der Waals surface area contributed by atoms with Gasteiger partial charge in [-0.2, -0.15) is 0 Å². The van der Waals surface area contributed by atoms with Crippen LogP contribution < -0.4 is 0 Å². The molecule has 0 saturated heterocycles. The Balaban J connectivity index is 1.65. The van der Waals surface area contributed by atoms with Crippen molar-refractivity contribution < 1.29 is 9.47 Å². The fourth-order valence-corrected chi connectivity index (χ4v) is 1.76. The standard InChI is InChI=1S/C14H12NO2/c1-2-6-12(7-3-1)10-13-11-16-14(17-13)15-8-4-5-9-15/h1-4,6-9,11,14H,10H2. The summed E-state index contributed by atoms with van der Waals surface area (Å²) in [5.74, 6) is 0.843. The molecule has 2 heterocycles. The summed E-state index contributed by atoms with van der Waals surface area (Å²) in [5, 5.41) is 0. The van der Waals surface area contributed by atoms with Crippen LogP contribution in [0.15, 0.2) is 60.8 Å². The van der Waals surface area contributed by atoms with E-state index in [1.165, 1.54) is 5.56 Å². The summed E-state index contributed by atoms with van der Waals surface area (Å²) in [5.41, 5.74) is 1.21. The largest absolute Gasteiger partial charge is 0.441 e. The molecule has 2 aromatic rings. The van der Waals surface area contributed by atoms with Crippen LogP contribution in [0, 0.1) is 6.07 Å². The highest BCUT2D eigenvalue weighted by Gasteiger charge is 2.20. The highest BCUT2D eigenvalue weighted by molar-refractivity contribution is 5.19. The fraction of sp³-hybridized carbons (Fsp3) is 0.143. The van der Waals surface area contributed by atoms with E-state index in [9.17, 15) is 0 Å². The smallest absolute Gasteiger partial charge is 0.330 e. The van der Waals surface area contributed by atoms with Crippen molar-refractivity contribution in [2.45, 2.75) is 12.8 Å². The molecule has 0 saturated carbocycles. The summed E-state index contributed by atoms with van der Waals surface area (Å²) in [4.78, 5) is 0. The van der Waals surface area contributed by atoms with Crippen LogP contribution in [-0.4, -0.2) is 4.57 Å². The molecule has 0 bridgehead atoms. The molecule has 0 amide bonds. The molecule has 17 heavy (non-hydrogen) atoms. The van der Waals surface area contributed by atoms with Gasteiger partial charge in [-0.3, -0.25) is 4.57 Å². The molecular weight excluding hydrogens is 214 g/mol. The Hall–Kier alpha value is -2.16. The Labute approximate surface area is 99.9 Å². The maximum Gasteiger partial charge on any atom is 0.330 e. The zero-order valence-electron chi connectivity index (χ0n) is 9.24. The van der Waals surface area contributed by atoms with Crippen molar-refractivity contribution in [2.24, 2.45) is 0 Å². The van der Waals surface area contributed by atoms with Gasteiger partial charge in [0.05, 0.1) is 0 Å². The van der Waals surface area contributed by atoms with Crippen LogP contribution >= 0.6 is 0 Å². The summed E-state index contributed by atoms with van der Waals surface area (Å²) >= 11 is 0. The summed E-state index contributed by atoms with van der Waals surface area (Å²) < 4.78 is 13.0. The van der Waals surface area contributed by atoms with Crippen LogP contribution in [0.4, 0.5) is 0 Å². The van der Waals surface area contributed by atoms with Crippen molar-refractivity contribution in [1.82, 2.24) is 4.57 Å². The average Bonchev–Trinajstić information content (AvgIpc) is 3.00. The van der Waals surface area contributed by atoms with E-state index < -0.39 is 0 Å². The minimum absolute atomic E-state index is 0.389. The third-order valence-electron chi connectivity index (χ3n) is 2.60. The second kappa shape index (κ2) is 4.37. The zero-order valence-corrected chi connectivity index (χ0v) is 9.24. The van der Waals surface area contributed by atoms with Crippen LogP contribution in [0.25, 0.3) is 0 Å². The monoisotopic (exact) mass is 226 g/mol. The first-order valence-electron chi connectivity index (χ1n) is 5.50. The lowest BCUT2D eigenvalue weighted by atomic mass is 10.1. The molecule has 0 spiro atoms. The van der Waals surface area contributed by atoms with Crippen LogP contribution in [0.5, 0.6) is 0 Å². The van der Waals surface area contributed by atoms with Gasteiger partial charge in [-0.1, -0.05) is 30.3 Å². The lowest BCUT2D eigenvalue weighted by Gasteiger charge is -2.12. The molecule has 3 nitrogen and oxygen atoms in total. The molecule has 3 rings (SSSR count). The van der Waals surface area contributed by atoms with Gasteiger partial charge in [-0.05, 0) is 11.6 Å². The van der Waals surface area contributed by atoms with E-state index in [1.54, 1.807) is 12.5 Å². The lowest BCUT2D eigenvalue weighted by Crippen LogP contribution is -2.07. The van der Waals surface area contributed by atoms with Gasteiger partial charge in [0.1, 0.15) is 12.0 Å². The van der Waals surface area contributed by atoms with E-state index in [-0.39, 0.29) is 6.41 Å². The van der Waals surface area contributed by atoms with Crippen molar-refractivity contribution in [1.29, 1.82) is 0 Å². The SMILES string of the molecule is [c]1ccn(C2OC=C(Cc3ccccc3)O2)c1. The molecule has 1 aromatic carbocycles. The molecule has 1 aromatic heterocycles. The van der Waals surface area contributed by atoms with Gasteiger partial charge in [-0.15, -0.1) is 0 Å². The fourth-order valence-electron chi connectivity index (χ4n) is 1.76. The zero-order chi connectivity index (χ0) is 11.5. The Kier molecular flexibility index (Phi) is 2.58. The van der Waals surface area contributed by atoms with E-state index in [4.69, 9.17) is 9.47 Å². The first-order valence-corrected chi connectivity index (χ1v) is 5.50. The van der Waals surface area contributed by atoms with Gasteiger partial charge < -0.3 is 9.47 Å². The Morgan fingerprint density at radius 1 is 1.24 bits per heavy atom. The molecule has 0 aliphatic carbocycles. The summed E-state index contributed by atoms with van der Waals surface area (Å²) in [6, 6.07) is 15.0. The van der Waals surface area contributed by atoms with Gasteiger partial charge >= 0.3 is 6.41 Å². The average molecular weight is 226 g/mol. The molecule has 0 N–H and O–H groups in total. The minimum Gasteiger partial charge on any atom is -0.441 e. The first kappa shape index (κ1) is 10.0. The summed E-state index contributed by atoms with van der Waals surface area (Å²) in [6.45, 7) is 0. The Bertz CT molecular complexity index is 502. The van der Waals surface area contributed by atoms with Crippen molar-refractivity contribution in [2.75, 3.05) is 0 Å². The van der Waals surface area contributed by atoms with Crippen molar-refractivity contribution in [3.63, 3.8) is 0 Å². The predicted molar refractivity (Wildman–Crippen MR) is 62.7 cm³/mol. The second-order valence-corrected chi connectivity index (χ2v) is 3.87. The number of ether oxygens (including phenoxy) is 2. The molecule has 1 radical (unpaired) electrons. The highest BCUT2D eigenvalue weighted by atomic mass is 16.7. The predicted octanol–water partition coefficient (Wildman–Crippen LogP) is 2.88. The topological polar surface area (TPSA) is 23.4 Å². The quantitative estimate of drug-likeness (QED) is 0.803. The van der Waals surface area contributed by atoms with Crippen molar-refractivity contribution >= 4 is 0 Å². The van der Waals surface area contributed by atoms with Crippen LogP contribution in [-0.2, 0) is 15.9 Å². The van der Waals surface area contributed by atoms with E-state index in [0.29, 0.717) is 0 Å². The third-order valence-corrected chi connectivity index (χ3v) is 2.60. The van der Waals surface area contributed by atoms with Crippen molar-refractivity contribution in [3.05, 3.63) is 72.4 Å². The number of rotatable bonds is 3. The summed E-state index contributed by atoms with van der Waals surface area (Å²) in [6.07, 6.45) is 5.70. The number of nitrogens with zero attached hydrogens (tertiary/aromatic N) is 1. The molecular formula is C14H12NO2. The molecule has 1 aliphatic rings. The molecule has 3 heteroatoms. The maximum atomic E-state index is 5.69. The van der Waals surface area contributed by atoms with Crippen LogP contribution in [0.2, 0.25) is 0 Å². The highest BCUT2D eigenvalue weighted by Crippen LogP contribution is 2.25. The Morgan fingerprint density at radius 2 is 2.12 bits per heavy atom.